The summed E-state index contributed by atoms with van der Waals surface area (Å²) in [5.41, 5.74) is 3.37. The van der Waals surface area contributed by atoms with Crippen LogP contribution in [0.5, 0.6) is 0 Å². The number of rotatable bonds is 4. The number of hydrogen-bond donors (Lipinski definition) is 1. The van der Waals surface area contributed by atoms with Crippen LogP contribution in [0.3, 0.4) is 0 Å². The molecule has 9 heteroatoms. The number of imidazole rings is 1. The van der Waals surface area contributed by atoms with Gasteiger partial charge < -0.3 is 5.32 Å². The summed E-state index contributed by atoms with van der Waals surface area (Å²) in [4.78, 5) is 28.7. The van der Waals surface area contributed by atoms with E-state index in [-0.39, 0.29) is 17.3 Å². The van der Waals surface area contributed by atoms with E-state index in [2.05, 4.69) is 25.3 Å². The molecule has 5 aromatic rings. The lowest BCUT2D eigenvalue weighted by Crippen LogP contribution is -2.07. The number of anilines is 2. The molecule has 1 N–H and O–H groups in total. The number of nitro groups is 1. The van der Waals surface area contributed by atoms with Crippen molar-refractivity contribution in [3.63, 3.8) is 0 Å². The normalized spacial score (nSPS) is 11.1. The lowest BCUT2D eigenvalue weighted by Gasteiger charge is -2.11. The Kier molecular flexibility index (Phi) is 4.06. The molecule has 30 heavy (non-hydrogen) atoms. The van der Waals surface area contributed by atoms with Gasteiger partial charge >= 0.3 is 5.69 Å². The van der Waals surface area contributed by atoms with E-state index in [4.69, 9.17) is 0 Å². The van der Waals surface area contributed by atoms with Crippen molar-refractivity contribution in [3.8, 4) is 5.82 Å². The number of aromatic nitrogens is 5. The maximum Gasteiger partial charge on any atom is 0.354 e. The predicted molar refractivity (Wildman–Crippen MR) is 113 cm³/mol. The Morgan fingerprint density at radius 2 is 1.87 bits per heavy atom. The highest BCUT2D eigenvalue weighted by molar-refractivity contribution is 5.93. The van der Waals surface area contributed by atoms with Crippen LogP contribution in [0.4, 0.5) is 17.2 Å². The summed E-state index contributed by atoms with van der Waals surface area (Å²) < 4.78 is 1.59. The summed E-state index contributed by atoms with van der Waals surface area (Å²) in [5, 5.41) is 16.0. The van der Waals surface area contributed by atoms with Crippen LogP contribution in [-0.4, -0.2) is 29.4 Å². The zero-order valence-electron chi connectivity index (χ0n) is 15.9. The second-order valence-electron chi connectivity index (χ2n) is 6.71. The van der Waals surface area contributed by atoms with Crippen molar-refractivity contribution >= 4 is 39.1 Å². The third-order valence-electron chi connectivity index (χ3n) is 4.78. The van der Waals surface area contributed by atoms with Gasteiger partial charge in [-0.2, -0.15) is 0 Å². The highest BCUT2D eigenvalue weighted by Crippen LogP contribution is 2.33. The fourth-order valence-electron chi connectivity index (χ4n) is 3.41. The van der Waals surface area contributed by atoms with Gasteiger partial charge in [-0.1, -0.05) is 30.3 Å². The molecule has 3 aromatic heterocycles. The first-order valence-electron chi connectivity index (χ1n) is 9.17. The van der Waals surface area contributed by atoms with Crippen molar-refractivity contribution in [3.05, 3.63) is 83.1 Å². The minimum atomic E-state index is -0.490. The zero-order chi connectivity index (χ0) is 20.7. The van der Waals surface area contributed by atoms with Gasteiger partial charge in [0, 0.05) is 11.1 Å². The summed E-state index contributed by atoms with van der Waals surface area (Å²) in [6.45, 7) is 1.89. The molecule has 3 heterocycles. The number of fused-ring (bicyclic) bond motifs is 2. The highest BCUT2D eigenvalue weighted by Gasteiger charge is 2.26. The Hall–Kier alpha value is -4.40. The molecule has 0 fully saturated rings. The summed E-state index contributed by atoms with van der Waals surface area (Å²) >= 11 is 0. The van der Waals surface area contributed by atoms with E-state index in [9.17, 15) is 10.1 Å². The SMILES string of the molecule is Cc1ccc2cccc(Nc3ncnc(-n4cnc5ccccc54)c3[N+](=O)[O-])c2n1. The van der Waals surface area contributed by atoms with Gasteiger partial charge in [-0.25, -0.2) is 15.0 Å². The monoisotopic (exact) mass is 397 g/mol. The smallest absolute Gasteiger partial charge is 0.332 e. The molecular formula is C21H15N7O2. The van der Waals surface area contributed by atoms with E-state index in [0.717, 1.165) is 11.1 Å². The molecule has 0 aliphatic carbocycles. The lowest BCUT2D eigenvalue weighted by molar-refractivity contribution is -0.384. The first-order valence-corrected chi connectivity index (χ1v) is 9.17. The van der Waals surface area contributed by atoms with Crippen molar-refractivity contribution in [1.29, 1.82) is 0 Å². The molecule has 0 unspecified atom stereocenters. The van der Waals surface area contributed by atoms with Crippen LogP contribution < -0.4 is 5.32 Å². The quantitative estimate of drug-likeness (QED) is 0.355. The van der Waals surface area contributed by atoms with Gasteiger partial charge in [0.15, 0.2) is 0 Å². The Morgan fingerprint density at radius 3 is 2.73 bits per heavy atom. The standard InChI is InChI=1S/C21H15N7O2/c1-13-9-10-14-5-4-7-16(18(14)25-13)26-20-19(28(29)30)21(23-11-22-20)27-12-24-15-6-2-3-8-17(15)27/h2-12H,1H3,(H,22,23,26). The van der Waals surface area contributed by atoms with E-state index < -0.39 is 4.92 Å². The Morgan fingerprint density at radius 1 is 1.00 bits per heavy atom. The number of benzene rings is 2. The van der Waals surface area contributed by atoms with E-state index in [1.165, 1.54) is 12.7 Å². The molecule has 9 nitrogen and oxygen atoms in total. The second-order valence-corrected chi connectivity index (χ2v) is 6.71. The molecule has 0 atom stereocenters. The number of nitrogens with one attached hydrogen (secondary N) is 1. The van der Waals surface area contributed by atoms with E-state index in [1.54, 1.807) is 4.57 Å². The topological polar surface area (TPSA) is 112 Å². The largest absolute Gasteiger partial charge is 0.354 e. The van der Waals surface area contributed by atoms with Crippen LogP contribution >= 0.6 is 0 Å². The maximum absolute atomic E-state index is 12.0. The van der Waals surface area contributed by atoms with Crippen LogP contribution in [0.2, 0.25) is 0 Å². The van der Waals surface area contributed by atoms with Gasteiger partial charge in [-0.05, 0) is 31.2 Å². The minimum Gasteiger partial charge on any atom is -0.332 e. The van der Waals surface area contributed by atoms with Crippen LogP contribution in [0, 0.1) is 17.0 Å². The van der Waals surface area contributed by atoms with Gasteiger partial charge in [-0.3, -0.25) is 19.7 Å². The third-order valence-corrected chi connectivity index (χ3v) is 4.78. The van der Waals surface area contributed by atoms with Gasteiger partial charge in [0.2, 0.25) is 11.6 Å². The summed E-state index contributed by atoms with van der Waals surface area (Å²) in [6, 6.07) is 16.9. The summed E-state index contributed by atoms with van der Waals surface area (Å²) in [6.07, 6.45) is 2.82. The number of para-hydroxylation sites is 3. The molecule has 2 aromatic carbocycles. The molecule has 0 bridgehead atoms. The van der Waals surface area contributed by atoms with Gasteiger partial charge in [-0.15, -0.1) is 0 Å². The van der Waals surface area contributed by atoms with Gasteiger partial charge in [0.25, 0.3) is 0 Å². The number of pyridine rings is 1. The second kappa shape index (κ2) is 6.89. The molecule has 5 rings (SSSR count). The Bertz CT molecular complexity index is 1430. The molecule has 0 aliphatic heterocycles. The van der Waals surface area contributed by atoms with E-state index in [0.29, 0.717) is 22.2 Å². The molecule has 146 valence electrons. The molecule has 0 spiro atoms. The predicted octanol–water partition coefficient (Wildman–Crippen LogP) is 4.32. The Balaban J connectivity index is 1.68. The first-order chi connectivity index (χ1) is 14.6. The number of aryl methyl sites for hydroxylation is 1. The Labute approximate surface area is 170 Å². The zero-order valence-corrected chi connectivity index (χ0v) is 15.9. The molecule has 0 amide bonds. The molecule has 0 radical (unpaired) electrons. The van der Waals surface area contributed by atoms with Crippen molar-refractivity contribution in [2.75, 3.05) is 5.32 Å². The van der Waals surface area contributed by atoms with Crippen molar-refractivity contribution in [2.45, 2.75) is 6.92 Å². The highest BCUT2D eigenvalue weighted by atomic mass is 16.6. The minimum absolute atomic E-state index is 0.0820. The number of nitrogens with zero attached hydrogens (tertiary/aromatic N) is 6. The van der Waals surface area contributed by atoms with Crippen molar-refractivity contribution in [1.82, 2.24) is 24.5 Å². The fourth-order valence-corrected chi connectivity index (χ4v) is 3.41. The average Bonchev–Trinajstić information content (AvgIpc) is 3.18. The third kappa shape index (κ3) is 2.89. The summed E-state index contributed by atoms with van der Waals surface area (Å²) in [7, 11) is 0. The van der Waals surface area contributed by atoms with Crippen LogP contribution in [-0.2, 0) is 0 Å². The van der Waals surface area contributed by atoms with E-state index >= 15 is 0 Å². The van der Waals surface area contributed by atoms with Gasteiger partial charge in [0.05, 0.1) is 27.2 Å². The molecule has 0 saturated carbocycles. The van der Waals surface area contributed by atoms with Crippen LogP contribution in [0.25, 0.3) is 27.8 Å². The molecule has 0 aliphatic rings. The van der Waals surface area contributed by atoms with Gasteiger partial charge in [0.1, 0.15) is 12.7 Å². The lowest BCUT2D eigenvalue weighted by atomic mass is 10.1. The number of hydrogen-bond acceptors (Lipinski definition) is 7. The summed E-state index contributed by atoms with van der Waals surface area (Å²) in [5.74, 6) is 0.217. The fraction of sp³-hybridized carbons (Fsp3) is 0.0476. The first kappa shape index (κ1) is 17.7. The van der Waals surface area contributed by atoms with Crippen molar-refractivity contribution in [2.24, 2.45) is 0 Å². The van der Waals surface area contributed by atoms with Crippen LogP contribution in [0.15, 0.2) is 67.3 Å². The molecular weight excluding hydrogens is 382 g/mol. The average molecular weight is 397 g/mol. The molecule has 0 saturated heterocycles. The maximum atomic E-state index is 12.0. The van der Waals surface area contributed by atoms with Crippen LogP contribution in [0.1, 0.15) is 5.69 Å². The van der Waals surface area contributed by atoms with Crippen molar-refractivity contribution < 1.29 is 4.92 Å². The van der Waals surface area contributed by atoms with E-state index in [1.807, 2.05) is 61.5 Å².